The van der Waals surface area contributed by atoms with Crippen molar-refractivity contribution in [3.63, 3.8) is 0 Å². The molecule has 0 N–H and O–H groups in total. The van der Waals surface area contributed by atoms with E-state index in [-0.39, 0.29) is 5.91 Å². The van der Waals surface area contributed by atoms with Crippen LogP contribution in [-0.2, 0) is 6.54 Å². The van der Waals surface area contributed by atoms with Crippen molar-refractivity contribution < 1.29 is 4.79 Å². The quantitative estimate of drug-likeness (QED) is 0.744. The Hall–Kier alpha value is -2.47. The van der Waals surface area contributed by atoms with Gasteiger partial charge in [0.25, 0.3) is 5.91 Å². The van der Waals surface area contributed by atoms with Crippen LogP contribution in [0.25, 0.3) is 0 Å². The Morgan fingerprint density at radius 3 is 2.77 bits per heavy atom. The molecule has 0 fully saturated rings. The Kier molecular flexibility index (Phi) is 4.02. The van der Waals surface area contributed by atoms with Gasteiger partial charge in [-0.05, 0) is 36.8 Å². The molecule has 6 heteroatoms. The molecule has 0 aliphatic carbocycles. The van der Waals surface area contributed by atoms with Crippen molar-refractivity contribution in [2.24, 2.45) is 0 Å². The predicted octanol–water partition coefficient (Wildman–Crippen LogP) is 2.97. The molecule has 0 aliphatic heterocycles. The van der Waals surface area contributed by atoms with Crippen LogP contribution in [0.1, 0.15) is 21.7 Å². The molecule has 0 aromatic carbocycles. The lowest BCUT2D eigenvalue weighted by atomic mass is 10.2. The van der Waals surface area contributed by atoms with Gasteiger partial charge in [-0.25, -0.2) is 4.98 Å². The average Bonchev–Trinajstić information content (AvgIpc) is 3.16. The van der Waals surface area contributed by atoms with Crippen LogP contribution in [0.5, 0.6) is 0 Å². The topological polar surface area (TPSA) is 51.0 Å². The fraction of sp³-hybridized carbons (Fsp3) is 0.188. The number of anilines is 1. The van der Waals surface area contributed by atoms with Crippen molar-refractivity contribution in [3.05, 3.63) is 65.2 Å². The van der Waals surface area contributed by atoms with Crippen molar-refractivity contribution in [2.75, 3.05) is 11.9 Å². The van der Waals surface area contributed by atoms with E-state index in [1.54, 1.807) is 24.3 Å². The Morgan fingerprint density at radius 1 is 1.32 bits per heavy atom. The maximum Gasteiger partial charge on any atom is 0.276 e. The molecule has 0 unspecified atom stereocenters. The van der Waals surface area contributed by atoms with Crippen LogP contribution >= 0.6 is 11.3 Å². The van der Waals surface area contributed by atoms with Crippen molar-refractivity contribution in [2.45, 2.75) is 13.5 Å². The molecule has 0 bridgehead atoms. The van der Waals surface area contributed by atoms with Gasteiger partial charge in [0.15, 0.2) is 5.13 Å². The van der Waals surface area contributed by atoms with Crippen LogP contribution in [0.4, 0.5) is 5.13 Å². The Labute approximate surface area is 132 Å². The molecule has 0 atom stereocenters. The number of aryl methyl sites for hydroxylation is 1. The van der Waals surface area contributed by atoms with Gasteiger partial charge in [0.2, 0.25) is 0 Å². The van der Waals surface area contributed by atoms with Gasteiger partial charge < -0.3 is 4.57 Å². The lowest BCUT2D eigenvalue weighted by molar-refractivity contribution is 0.0984. The van der Waals surface area contributed by atoms with Crippen LogP contribution in [0, 0.1) is 6.92 Å². The molecule has 0 aliphatic rings. The van der Waals surface area contributed by atoms with Crippen molar-refractivity contribution >= 4 is 22.4 Å². The molecule has 0 saturated heterocycles. The van der Waals surface area contributed by atoms with Gasteiger partial charge >= 0.3 is 0 Å². The molecule has 0 radical (unpaired) electrons. The first-order valence-electron chi connectivity index (χ1n) is 6.89. The van der Waals surface area contributed by atoms with E-state index < -0.39 is 0 Å². The number of thiazole rings is 1. The minimum absolute atomic E-state index is 0.0617. The summed E-state index contributed by atoms with van der Waals surface area (Å²) in [6, 6.07) is 7.61. The van der Waals surface area contributed by atoms with Crippen LogP contribution < -0.4 is 4.90 Å². The number of hydrogen-bond acceptors (Lipinski definition) is 4. The average molecular weight is 312 g/mol. The zero-order valence-corrected chi connectivity index (χ0v) is 13.2. The highest BCUT2D eigenvalue weighted by molar-refractivity contribution is 7.14. The molecule has 1 amide bonds. The largest absolute Gasteiger partial charge is 0.339 e. The SMILES string of the molecule is Cc1csc(N(C)C(=O)c2cccn2Cc2ccncc2)n1. The zero-order valence-electron chi connectivity index (χ0n) is 12.4. The molecule has 5 nitrogen and oxygen atoms in total. The summed E-state index contributed by atoms with van der Waals surface area (Å²) in [6.07, 6.45) is 5.42. The summed E-state index contributed by atoms with van der Waals surface area (Å²) < 4.78 is 1.94. The fourth-order valence-corrected chi connectivity index (χ4v) is 2.95. The normalized spacial score (nSPS) is 10.6. The second-order valence-corrected chi connectivity index (χ2v) is 5.85. The highest BCUT2D eigenvalue weighted by Crippen LogP contribution is 2.21. The first-order chi connectivity index (χ1) is 10.6. The number of carbonyl (C=O) groups excluding carboxylic acids is 1. The highest BCUT2D eigenvalue weighted by Gasteiger charge is 2.19. The lowest BCUT2D eigenvalue weighted by Gasteiger charge is -2.15. The molecule has 3 rings (SSSR count). The van der Waals surface area contributed by atoms with Crippen molar-refractivity contribution in [3.8, 4) is 0 Å². The van der Waals surface area contributed by atoms with Gasteiger partial charge in [-0.1, -0.05) is 0 Å². The van der Waals surface area contributed by atoms with Gasteiger partial charge in [-0.2, -0.15) is 0 Å². The van der Waals surface area contributed by atoms with E-state index in [2.05, 4.69) is 9.97 Å². The monoisotopic (exact) mass is 312 g/mol. The van der Waals surface area contributed by atoms with Crippen LogP contribution in [0.2, 0.25) is 0 Å². The minimum Gasteiger partial charge on any atom is -0.339 e. The lowest BCUT2D eigenvalue weighted by Crippen LogP contribution is -2.28. The van der Waals surface area contributed by atoms with Crippen LogP contribution in [-0.4, -0.2) is 27.5 Å². The number of carbonyl (C=O) groups is 1. The number of hydrogen-bond donors (Lipinski definition) is 0. The Balaban J connectivity index is 1.83. The van der Waals surface area contributed by atoms with Crippen LogP contribution in [0.3, 0.4) is 0 Å². The summed E-state index contributed by atoms with van der Waals surface area (Å²) >= 11 is 1.47. The van der Waals surface area contributed by atoms with Gasteiger partial charge in [0.1, 0.15) is 5.69 Å². The molecular formula is C16H16N4OS. The van der Waals surface area contributed by atoms with E-state index in [0.29, 0.717) is 17.4 Å². The zero-order chi connectivity index (χ0) is 15.5. The third kappa shape index (κ3) is 2.92. The summed E-state index contributed by atoms with van der Waals surface area (Å²) in [4.78, 5) is 22.7. The molecule has 22 heavy (non-hydrogen) atoms. The minimum atomic E-state index is -0.0617. The molecule has 3 aromatic heterocycles. The Bertz CT molecular complexity index is 778. The maximum atomic E-state index is 12.7. The van der Waals surface area contributed by atoms with E-state index >= 15 is 0 Å². The first-order valence-corrected chi connectivity index (χ1v) is 7.77. The number of pyridine rings is 1. The fourth-order valence-electron chi connectivity index (χ4n) is 2.19. The molecule has 3 heterocycles. The Morgan fingerprint density at radius 2 is 2.09 bits per heavy atom. The van der Waals surface area contributed by atoms with Gasteiger partial charge in [-0.15, -0.1) is 11.3 Å². The van der Waals surface area contributed by atoms with Gasteiger partial charge in [-0.3, -0.25) is 14.7 Å². The maximum absolute atomic E-state index is 12.7. The van der Waals surface area contributed by atoms with E-state index in [4.69, 9.17) is 0 Å². The summed E-state index contributed by atoms with van der Waals surface area (Å²) in [5.41, 5.74) is 2.67. The second kappa shape index (κ2) is 6.11. The van der Waals surface area contributed by atoms with E-state index in [9.17, 15) is 4.79 Å². The third-order valence-corrected chi connectivity index (χ3v) is 4.38. The molecule has 0 spiro atoms. The first kappa shape index (κ1) is 14.5. The summed E-state index contributed by atoms with van der Waals surface area (Å²) in [5.74, 6) is -0.0617. The van der Waals surface area contributed by atoms with Gasteiger partial charge in [0, 0.05) is 37.6 Å². The summed E-state index contributed by atoms with van der Waals surface area (Å²) in [5, 5.41) is 2.65. The molecule has 0 saturated carbocycles. The number of amides is 1. The third-order valence-electron chi connectivity index (χ3n) is 3.35. The number of rotatable bonds is 4. The van der Waals surface area contributed by atoms with E-state index in [1.807, 2.05) is 47.3 Å². The predicted molar refractivity (Wildman–Crippen MR) is 87.4 cm³/mol. The highest BCUT2D eigenvalue weighted by atomic mass is 32.1. The van der Waals surface area contributed by atoms with E-state index in [0.717, 1.165) is 11.3 Å². The number of aromatic nitrogens is 3. The van der Waals surface area contributed by atoms with E-state index in [1.165, 1.54) is 11.3 Å². The summed E-state index contributed by atoms with van der Waals surface area (Å²) in [6.45, 7) is 2.56. The molecular weight excluding hydrogens is 296 g/mol. The van der Waals surface area contributed by atoms with Crippen molar-refractivity contribution in [1.29, 1.82) is 0 Å². The van der Waals surface area contributed by atoms with Crippen molar-refractivity contribution in [1.82, 2.24) is 14.5 Å². The smallest absolute Gasteiger partial charge is 0.276 e. The molecule has 112 valence electrons. The van der Waals surface area contributed by atoms with Crippen LogP contribution in [0.15, 0.2) is 48.2 Å². The molecule has 3 aromatic rings. The standard InChI is InChI=1S/C16H16N4OS/c1-12-11-22-16(18-12)19(2)15(21)14-4-3-9-20(14)10-13-5-7-17-8-6-13/h3-9,11H,10H2,1-2H3. The summed E-state index contributed by atoms with van der Waals surface area (Å²) in [7, 11) is 1.75. The second-order valence-electron chi connectivity index (χ2n) is 5.01. The number of nitrogens with zero attached hydrogens (tertiary/aromatic N) is 4. The van der Waals surface area contributed by atoms with Gasteiger partial charge in [0.05, 0.1) is 5.69 Å².